The first kappa shape index (κ1) is 12.3. The van der Waals surface area contributed by atoms with Gasteiger partial charge in [-0.3, -0.25) is 0 Å². The Morgan fingerprint density at radius 2 is 2.12 bits per heavy atom. The molecule has 3 nitrogen and oxygen atoms in total. The van der Waals surface area contributed by atoms with Crippen molar-refractivity contribution in [1.29, 1.82) is 0 Å². The van der Waals surface area contributed by atoms with Crippen LogP contribution in [0.3, 0.4) is 0 Å². The van der Waals surface area contributed by atoms with Crippen LogP contribution in [-0.4, -0.2) is 17.1 Å². The van der Waals surface area contributed by atoms with E-state index in [1.54, 1.807) is 18.2 Å². The highest BCUT2D eigenvalue weighted by Crippen LogP contribution is 2.35. The number of methoxy groups -OCH3 is 1. The molecule has 0 N–H and O–H groups in total. The van der Waals surface area contributed by atoms with E-state index in [-0.39, 0.29) is 10.9 Å². The van der Waals surface area contributed by atoms with E-state index in [1.807, 2.05) is 0 Å². The molecule has 2 rings (SSSR count). The zero-order valence-corrected chi connectivity index (χ0v) is 11.1. The lowest BCUT2D eigenvalue weighted by atomic mass is 10.1. The molecule has 6 heteroatoms. The third kappa shape index (κ3) is 2.25. The molecule has 0 amide bonds. The lowest BCUT2D eigenvalue weighted by Gasteiger charge is -2.09. The van der Waals surface area contributed by atoms with Gasteiger partial charge in [-0.15, -0.1) is 0 Å². The average molecular weight is 318 g/mol. The highest BCUT2D eigenvalue weighted by Gasteiger charge is 2.16. The summed E-state index contributed by atoms with van der Waals surface area (Å²) in [5.74, 6) is -0.160. The predicted molar refractivity (Wildman–Crippen MR) is 66.7 cm³/mol. The summed E-state index contributed by atoms with van der Waals surface area (Å²) < 4.78 is 19.4. The van der Waals surface area contributed by atoms with Crippen LogP contribution in [0.4, 0.5) is 4.39 Å². The van der Waals surface area contributed by atoms with E-state index in [2.05, 4.69) is 25.9 Å². The molecule has 0 aliphatic rings. The molecular weight excluding hydrogens is 310 g/mol. The van der Waals surface area contributed by atoms with Gasteiger partial charge in [0.1, 0.15) is 17.8 Å². The van der Waals surface area contributed by atoms with Gasteiger partial charge in [0, 0.05) is 5.56 Å². The Bertz CT molecular complexity index is 565. The molecule has 1 heterocycles. The van der Waals surface area contributed by atoms with Crippen LogP contribution in [-0.2, 0) is 0 Å². The number of nitrogens with zero attached hydrogens (tertiary/aromatic N) is 2. The first-order chi connectivity index (χ1) is 8.15. The maximum Gasteiger partial charge on any atom is 0.182 e. The molecule has 0 atom stereocenters. The molecule has 0 radical (unpaired) electrons. The summed E-state index contributed by atoms with van der Waals surface area (Å²) in [5.41, 5.74) is 0.631. The molecule has 0 saturated carbocycles. The van der Waals surface area contributed by atoms with Crippen LogP contribution in [0.5, 0.6) is 5.75 Å². The number of ether oxygens (including phenoxy) is 1. The Morgan fingerprint density at radius 3 is 2.82 bits per heavy atom. The molecule has 0 aliphatic carbocycles. The quantitative estimate of drug-likeness (QED) is 0.792. The van der Waals surface area contributed by atoms with E-state index < -0.39 is 5.82 Å². The van der Waals surface area contributed by atoms with Gasteiger partial charge in [-0.25, -0.2) is 14.4 Å². The molecular formula is C11H7BrClFN2O. The number of hydrogen-bond donors (Lipinski definition) is 0. The van der Waals surface area contributed by atoms with Gasteiger partial charge in [0.2, 0.25) is 0 Å². The van der Waals surface area contributed by atoms with Crippen molar-refractivity contribution < 1.29 is 9.13 Å². The fourth-order valence-corrected chi connectivity index (χ4v) is 1.99. The lowest BCUT2D eigenvalue weighted by molar-refractivity contribution is 0.412. The number of aromatic nitrogens is 2. The molecule has 1 aromatic carbocycles. The Balaban J connectivity index is 2.68. The van der Waals surface area contributed by atoms with Crippen LogP contribution < -0.4 is 4.74 Å². The molecule has 0 spiro atoms. The third-order valence-electron chi connectivity index (χ3n) is 2.17. The van der Waals surface area contributed by atoms with Gasteiger partial charge in [-0.1, -0.05) is 17.7 Å². The van der Waals surface area contributed by atoms with Crippen molar-refractivity contribution in [3.05, 3.63) is 40.0 Å². The minimum atomic E-state index is -0.416. The van der Waals surface area contributed by atoms with E-state index >= 15 is 0 Å². The Kier molecular flexibility index (Phi) is 3.59. The van der Waals surface area contributed by atoms with E-state index in [9.17, 15) is 4.39 Å². The Morgan fingerprint density at radius 1 is 1.35 bits per heavy atom. The van der Waals surface area contributed by atoms with Crippen molar-refractivity contribution in [2.75, 3.05) is 7.11 Å². The zero-order valence-electron chi connectivity index (χ0n) is 8.75. The van der Waals surface area contributed by atoms with Gasteiger partial charge < -0.3 is 4.74 Å². The van der Waals surface area contributed by atoms with Crippen molar-refractivity contribution >= 4 is 27.5 Å². The number of benzene rings is 1. The van der Waals surface area contributed by atoms with Crippen LogP contribution in [0.15, 0.2) is 29.0 Å². The van der Waals surface area contributed by atoms with Gasteiger partial charge in [0.05, 0.1) is 11.6 Å². The minimum absolute atomic E-state index is 0.150. The Labute approximate surface area is 111 Å². The average Bonchev–Trinajstić information content (AvgIpc) is 2.32. The van der Waals surface area contributed by atoms with Crippen molar-refractivity contribution in [2.45, 2.75) is 0 Å². The van der Waals surface area contributed by atoms with Crippen molar-refractivity contribution in [3.8, 4) is 17.0 Å². The second-order valence-electron chi connectivity index (χ2n) is 3.15. The molecule has 0 aliphatic heterocycles. The number of halogens is 3. The fraction of sp³-hybridized carbons (Fsp3) is 0.0909. The minimum Gasteiger partial charge on any atom is -0.491 e. The van der Waals surface area contributed by atoms with Gasteiger partial charge in [-0.2, -0.15) is 0 Å². The van der Waals surface area contributed by atoms with E-state index in [0.29, 0.717) is 15.7 Å². The van der Waals surface area contributed by atoms with Crippen molar-refractivity contribution in [2.24, 2.45) is 0 Å². The summed E-state index contributed by atoms with van der Waals surface area (Å²) in [6.45, 7) is 0. The fourth-order valence-electron chi connectivity index (χ4n) is 1.41. The molecule has 0 saturated heterocycles. The molecule has 0 bridgehead atoms. The van der Waals surface area contributed by atoms with E-state index in [0.717, 1.165) is 0 Å². The van der Waals surface area contributed by atoms with Crippen LogP contribution >= 0.6 is 27.5 Å². The first-order valence-electron chi connectivity index (χ1n) is 4.64. The molecule has 0 fully saturated rings. The van der Waals surface area contributed by atoms with Crippen LogP contribution in [0, 0.1) is 5.82 Å². The zero-order chi connectivity index (χ0) is 12.4. The Hall–Kier alpha value is -1.20. The maximum atomic E-state index is 13.9. The van der Waals surface area contributed by atoms with Gasteiger partial charge in [-0.05, 0) is 28.1 Å². The third-order valence-corrected chi connectivity index (χ3v) is 3.05. The molecule has 0 unspecified atom stereocenters. The molecule has 17 heavy (non-hydrogen) atoms. The molecule has 1 aromatic heterocycles. The number of rotatable bonds is 2. The molecule has 88 valence electrons. The summed E-state index contributed by atoms with van der Waals surface area (Å²) in [4.78, 5) is 7.78. The summed E-state index contributed by atoms with van der Waals surface area (Å²) in [5, 5.41) is 0.150. The topological polar surface area (TPSA) is 35.0 Å². The van der Waals surface area contributed by atoms with E-state index in [4.69, 9.17) is 16.3 Å². The second-order valence-corrected chi connectivity index (χ2v) is 4.36. The number of hydrogen-bond acceptors (Lipinski definition) is 3. The second kappa shape index (κ2) is 4.98. The predicted octanol–water partition coefficient (Wildman–Crippen LogP) is 3.71. The normalized spacial score (nSPS) is 10.4. The highest BCUT2D eigenvalue weighted by molar-refractivity contribution is 9.10. The maximum absolute atomic E-state index is 13.9. The summed E-state index contributed by atoms with van der Waals surface area (Å²) >= 11 is 8.98. The SMILES string of the molecule is COc1c(Cl)ncnc1-c1cccc(Br)c1F. The van der Waals surface area contributed by atoms with Crippen LogP contribution in [0.1, 0.15) is 0 Å². The summed E-state index contributed by atoms with van der Waals surface area (Å²) in [6, 6.07) is 4.91. The smallest absolute Gasteiger partial charge is 0.182 e. The van der Waals surface area contributed by atoms with Gasteiger partial charge >= 0.3 is 0 Å². The van der Waals surface area contributed by atoms with Crippen LogP contribution in [0.2, 0.25) is 5.15 Å². The standard InChI is InChI=1S/C11H7BrClFN2O/c1-17-10-9(15-5-16-11(10)13)6-3-2-4-7(12)8(6)14/h2-5H,1H3. The largest absolute Gasteiger partial charge is 0.491 e. The monoisotopic (exact) mass is 316 g/mol. The molecule has 2 aromatic rings. The van der Waals surface area contributed by atoms with Gasteiger partial charge in [0.15, 0.2) is 10.9 Å². The lowest BCUT2D eigenvalue weighted by Crippen LogP contribution is -1.96. The van der Waals surface area contributed by atoms with Gasteiger partial charge in [0.25, 0.3) is 0 Å². The van der Waals surface area contributed by atoms with Crippen molar-refractivity contribution in [3.63, 3.8) is 0 Å². The first-order valence-corrected chi connectivity index (χ1v) is 5.81. The van der Waals surface area contributed by atoms with Crippen molar-refractivity contribution in [1.82, 2.24) is 9.97 Å². The van der Waals surface area contributed by atoms with E-state index in [1.165, 1.54) is 13.4 Å². The van der Waals surface area contributed by atoms with Crippen LogP contribution in [0.25, 0.3) is 11.3 Å². The summed E-state index contributed by atoms with van der Waals surface area (Å²) in [7, 11) is 1.43. The highest BCUT2D eigenvalue weighted by atomic mass is 79.9. The summed E-state index contributed by atoms with van der Waals surface area (Å²) in [6.07, 6.45) is 1.26.